The van der Waals surface area contributed by atoms with Crippen molar-refractivity contribution in [1.29, 1.82) is 0 Å². The van der Waals surface area contributed by atoms with Crippen LogP contribution in [0.25, 0.3) is 0 Å². The molecule has 0 aliphatic rings. The number of hydrogen-bond acceptors (Lipinski definition) is 4. The van der Waals surface area contributed by atoms with Gasteiger partial charge in [-0.25, -0.2) is 4.98 Å². The predicted octanol–water partition coefficient (Wildman–Crippen LogP) is 3.17. The van der Waals surface area contributed by atoms with Crippen LogP contribution in [-0.4, -0.2) is 16.6 Å². The lowest BCUT2D eigenvalue weighted by Crippen LogP contribution is -2.18. The van der Waals surface area contributed by atoms with Gasteiger partial charge in [-0.2, -0.15) is 4.98 Å². The summed E-state index contributed by atoms with van der Waals surface area (Å²) in [5.41, 5.74) is 5.91. The van der Waals surface area contributed by atoms with Gasteiger partial charge in [0.2, 0.25) is 5.88 Å². The Balaban J connectivity index is 2.75. The van der Waals surface area contributed by atoms with Crippen LogP contribution in [0.2, 0.25) is 0 Å². The number of hydrogen-bond donors (Lipinski definition) is 1. The van der Waals surface area contributed by atoms with E-state index in [2.05, 4.69) is 51.5 Å². The molecule has 0 saturated carbocycles. The molecule has 4 nitrogen and oxygen atoms in total. The van der Waals surface area contributed by atoms with E-state index in [-0.39, 0.29) is 10.8 Å². The van der Waals surface area contributed by atoms with Crippen LogP contribution >= 0.6 is 0 Å². The smallest absolute Gasteiger partial charge is 0.218 e. The Morgan fingerprint density at radius 3 is 2.22 bits per heavy atom. The summed E-state index contributed by atoms with van der Waals surface area (Å²) in [4.78, 5) is 8.66. The number of rotatable bonds is 3. The second kappa shape index (κ2) is 5.12. The van der Waals surface area contributed by atoms with E-state index in [0.29, 0.717) is 24.1 Å². The third-order valence-electron chi connectivity index (χ3n) is 2.50. The van der Waals surface area contributed by atoms with E-state index < -0.39 is 0 Å². The molecule has 102 valence electrons. The van der Waals surface area contributed by atoms with Crippen LogP contribution in [0.1, 0.15) is 53.8 Å². The summed E-state index contributed by atoms with van der Waals surface area (Å²) in [6.45, 7) is 13.4. The van der Waals surface area contributed by atoms with E-state index in [1.807, 2.05) is 0 Å². The van der Waals surface area contributed by atoms with Crippen molar-refractivity contribution < 1.29 is 4.74 Å². The number of anilines is 1. The summed E-state index contributed by atoms with van der Waals surface area (Å²) >= 11 is 0. The Morgan fingerprint density at radius 1 is 1.11 bits per heavy atom. The van der Waals surface area contributed by atoms with Crippen LogP contribution in [0, 0.1) is 5.41 Å². The summed E-state index contributed by atoms with van der Waals surface area (Å²) in [7, 11) is 0. The molecule has 0 aromatic carbocycles. The van der Waals surface area contributed by atoms with Gasteiger partial charge in [-0.15, -0.1) is 0 Å². The first-order valence-electron chi connectivity index (χ1n) is 6.36. The lowest BCUT2D eigenvalue weighted by Gasteiger charge is -2.20. The van der Waals surface area contributed by atoms with Crippen LogP contribution in [0.5, 0.6) is 5.88 Å². The van der Waals surface area contributed by atoms with E-state index in [0.717, 1.165) is 6.42 Å². The fourth-order valence-electron chi connectivity index (χ4n) is 1.31. The summed E-state index contributed by atoms with van der Waals surface area (Å²) in [6.07, 6.45) is 0.974. The molecule has 1 rings (SSSR count). The minimum absolute atomic E-state index is 0.127. The van der Waals surface area contributed by atoms with Crippen molar-refractivity contribution in [1.82, 2.24) is 9.97 Å². The van der Waals surface area contributed by atoms with Gasteiger partial charge in [0.1, 0.15) is 11.6 Å². The number of nitrogens with zero attached hydrogens (tertiary/aromatic N) is 2. The molecule has 2 N–H and O–H groups in total. The molecule has 0 radical (unpaired) electrons. The fraction of sp³-hybridized carbons (Fsp3) is 0.714. The van der Waals surface area contributed by atoms with Gasteiger partial charge in [-0.1, -0.05) is 41.5 Å². The highest BCUT2D eigenvalue weighted by Gasteiger charge is 2.19. The molecular formula is C14H25N3O. The molecule has 0 unspecified atom stereocenters. The molecule has 1 aromatic heterocycles. The van der Waals surface area contributed by atoms with Crippen molar-refractivity contribution in [2.24, 2.45) is 5.41 Å². The molecule has 0 aliphatic heterocycles. The standard InChI is InChI=1S/C14H25N3O/c1-13(2,3)7-8-18-11-9-10(15)16-12(17-11)14(4,5)6/h9H,7-8H2,1-6H3,(H2,15,16,17). The number of ether oxygens (including phenoxy) is 1. The van der Waals surface area contributed by atoms with Gasteiger partial charge >= 0.3 is 0 Å². The first-order valence-corrected chi connectivity index (χ1v) is 6.36. The van der Waals surface area contributed by atoms with Crippen LogP contribution in [0.15, 0.2) is 6.07 Å². The van der Waals surface area contributed by atoms with Gasteiger partial charge in [-0.3, -0.25) is 0 Å². The van der Waals surface area contributed by atoms with Crippen LogP contribution < -0.4 is 10.5 Å². The molecule has 0 fully saturated rings. The molecule has 0 amide bonds. The molecule has 0 spiro atoms. The van der Waals surface area contributed by atoms with Crippen molar-refractivity contribution in [3.63, 3.8) is 0 Å². The van der Waals surface area contributed by atoms with Crippen molar-refractivity contribution in [2.75, 3.05) is 12.3 Å². The maximum Gasteiger partial charge on any atom is 0.218 e. The van der Waals surface area contributed by atoms with Gasteiger partial charge in [0.25, 0.3) is 0 Å². The lowest BCUT2D eigenvalue weighted by molar-refractivity contribution is 0.235. The molecule has 0 saturated heterocycles. The van der Waals surface area contributed by atoms with E-state index in [9.17, 15) is 0 Å². The van der Waals surface area contributed by atoms with E-state index in [1.54, 1.807) is 6.07 Å². The van der Waals surface area contributed by atoms with Gasteiger partial charge < -0.3 is 10.5 Å². The Labute approximate surface area is 110 Å². The summed E-state index contributed by atoms with van der Waals surface area (Å²) in [5, 5.41) is 0. The summed E-state index contributed by atoms with van der Waals surface area (Å²) < 4.78 is 5.67. The van der Waals surface area contributed by atoms with Gasteiger partial charge in [0, 0.05) is 11.5 Å². The first-order chi connectivity index (χ1) is 8.08. The summed E-state index contributed by atoms with van der Waals surface area (Å²) in [5.74, 6) is 1.74. The van der Waals surface area contributed by atoms with Crippen molar-refractivity contribution >= 4 is 5.82 Å². The Hall–Kier alpha value is -1.32. The van der Waals surface area contributed by atoms with Crippen LogP contribution in [0.3, 0.4) is 0 Å². The van der Waals surface area contributed by atoms with Gasteiger partial charge in [0.05, 0.1) is 6.61 Å². The van der Waals surface area contributed by atoms with Crippen molar-refractivity contribution in [3.8, 4) is 5.88 Å². The van der Waals surface area contributed by atoms with Crippen molar-refractivity contribution in [2.45, 2.75) is 53.4 Å². The number of aromatic nitrogens is 2. The third-order valence-corrected chi connectivity index (χ3v) is 2.50. The summed E-state index contributed by atoms with van der Waals surface area (Å²) in [6, 6.07) is 1.68. The highest BCUT2D eigenvalue weighted by atomic mass is 16.5. The average molecular weight is 251 g/mol. The Kier molecular flexibility index (Phi) is 4.20. The predicted molar refractivity (Wildman–Crippen MR) is 74.7 cm³/mol. The Morgan fingerprint density at radius 2 is 1.72 bits per heavy atom. The van der Waals surface area contributed by atoms with Gasteiger partial charge in [0.15, 0.2) is 0 Å². The minimum Gasteiger partial charge on any atom is -0.478 e. The molecule has 4 heteroatoms. The third kappa shape index (κ3) is 4.90. The fourth-order valence-corrected chi connectivity index (χ4v) is 1.31. The molecule has 1 heterocycles. The van der Waals surface area contributed by atoms with E-state index in [4.69, 9.17) is 10.5 Å². The average Bonchev–Trinajstić information content (AvgIpc) is 2.13. The van der Waals surface area contributed by atoms with Crippen LogP contribution in [0.4, 0.5) is 5.82 Å². The van der Waals surface area contributed by atoms with Gasteiger partial charge in [-0.05, 0) is 11.8 Å². The highest BCUT2D eigenvalue weighted by Crippen LogP contribution is 2.23. The van der Waals surface area contributed by atoms with Crippen LogP contribution in [-0.2, 0) is 5.41 Å². The molecule has 18 heavy (non-hydrogen) atoms. The Bertz CT molecular complexity index is 402. The minimum atomic E-state index is -0.127. The lowest BCUT2D eigenvalue weighted by atomic mass is 9.93. The largest absolute Gasteiger partial charge is 0.478 e. The van der Waals surface area contributed by atoms with Crippen molar-refractivity contribution in [3.05, 3.63) is 11.9 Å². The molecule has 0 aliphatic carbocycles. The quantitative estimate of drug-likeness (QED) is 0.896. The second-order valence-corrected chi connectivity index (χ2v) is 6.86. The zero-order valence-corrected chi connectivity index (χ0v) is 12.4. The molecule has 1 aromatic rings. The number of nitrogen functional groups attached to an aromatic ring is 1. The molecule has 0 bridgehead atoms. The highest BCUT2D eigenvalue weighted by molar-refractivity contribution is 5.34. The molecule has 0 atom stereocenters. The first kappa shape index (κ1) is 14.7. The molecular weight excluding hydrogens is 226 g/mol. The zero-order valence-electron chi connectivity index (χ0n) is 12.4. The van der Waals surface area contributed by atoms with E-state index >= 15 is 0 Å². The monoisotopic (exact) mass is 251 g/mol. The van der Waals surface area contributed by atoms with E-state index in [1.165, 1.54) is 0 Å². The maximum absolute atomic E-state index is 5.78. The zero-order chi connectivity index (χ0) is 14.0. The topological polar surface area (TPSA) is 61.0 Å². The number of nitrogens with two attached hydrogens (primary N) is 1. The second-order valence-electron chi connectivity index (χ2n) is 6.86. The maximum atomic E-state index is 5.78. The SMILES string of the molecule is CC(C)(C)CCOc1cc(N)nc(C(C)(C)C)n1. The normalized spacial score (nSPS) is 12.6.